The first kappa shape index (κ1) is 28.4. The minimum Gasteiger partial charge on any atom is -0.507 e. The van der Waals surface area contributed by atoms with Gasteiger partial charge in [0.15, 0.2) is 12.1 Å². The summed E-state index contributed by atoms with van der Waals surface area (Å²) >= 11 is 0. The van der Waals surface area contributed by atoms with Gasteiger partial charge >= 0.3 is 5.97 Å². The fourth-order valence-corrected chi connectivity index (χ4v) is 4.39. The Morgan fingerprint density at radius 1 is 0.875 bits per heavy atom. The van der Waals surface area contributed by atoms with Crippen molar-refractivity contribution in [2.45, 2.75) is 57.0 Å². The summed E-state index contributed by atoms with van der Waals surface area (Å²) in [5.41, 5.74) is 0.768. The van der Waals surface area contributed by atoms with Crippen LogP contribution in [0.4, 0.5) is 0 Å². The molecule has 0 saturated carbocycles. The third-order valence-electron chi connectivity index (χ3n) is 6.57. The largest absolute Gasteiger partial charge is 0.507 e. The van der Waals surface area contributed by atoms with Crippen LogP contribution in [0.15, 0.2) is 58.5 Å². The van der Waals surface area contributed by atoms with Gasteiger partial charge in [0.05, 0.1) is 18.2 Å². The molecule has 2 aliphatic heterocycles. The molecule has 0 saturated heterocycles. The number of phenols is 2. The van der Waals surface area contributed by atoms with Crippen LogP contribution < -0.4 is 10.6 Å². The van der Waals surface area contributed by atoms with Crippen molar-refractivity contribution in [3.63, 3.8) is 0 Å². The van der Waals surface area contributed by atoms with Gasteiger partial charge in [-0.25, -0.2) is 14.8 Å². The zero-order chi connectivity index (χ0) is 28.8. The van der Waals surface area contributed by atoms with Gasteiger partial charge in [-0.15, -0.1) is 0 Å². The maximum absolute atomic E-state index is 13.0. The van der Waals surface area contributed by atoms with Gasteiger partial charge in [0, 0.05) is 6.54 Å². The number of aromatic hydroxyl groups is 2. The van der Waals surface area contributed by atoms with E-state index in [4.69, 9.17) is 14.2 Å². The van der Waals surface area contributed by atoms with E-state index in [0.29, 0.717) is 17.5 Å². The van der Waals surface area contributed by atoms with Gasteiger partial charge in [0.25, 0.3) is 0 Å². The lowest BCUT2D eigenvalue weighted by atomic mass is 10.1. The molecule has 2 heterocycles. The predicted octanol–water partition coefficient (Wildman–Crippen LogP) is 1.42. The average molecular weight is 553 g/mol. The second-order valence-electron chi connectivity index (χ2n) is 9.46. The van der Waals surface area contributed by atoms with Crippen LogP contribution in [-0.2, 0) is 28.6 Å². The lowest BCUT2D eigenvalue weighted by molar-refractivity contribution is -0.145. The second-order valence-corrected chi connectivity index (χ2v) is 9.46. The van der Waals surface area contributed by atoms with E-state index < -0.39 is 42.2 Å². The summed E-state index contributed by atoms with van der Waals surface area (Å²) in [6.07, 6.45) is -0.603. The van der Waals surface area contributed by atoms with Gasteiger partial charge in [-0.05, 0) is 51.0 Å². The number of phenolic OH excluding ortho intramolecular Hbond substituents is 2. The number of methoxy groups -OCH3 is 1. The molecule has 12 nitrogen and oxygen atoms in total. The monoisotopic (exact) mass is 552 g/mol. The minimum absolute atomic E-state index is 0.00379. The molecule has 2 aliphatic rings. The quantitative estimate of drug-likeness (QED) is 0.253. The van der Waals surface area contributed by atoms with Crippen LogP contribution in [0.5, 0.6) is 11.5 Å². The van der Waals surface area contributed by atoms with E-state index in [-0.39, 0.29) is 42.2 Å². The Morgan fingerprint density at radius 2 is 1.38 bits per heavy atom. The number of ether oxygens (including phenoxy) is 3. The fraction of sp³-hybridized carbons (Fsp3) is 0.393. The number of amides is 2. The highest BCUT2D eigenvalue weighted by molar-refractivity contribution is 6.01. The van der Waals surface area contributed by atoms with Crippen LogP contribution in [0.25, 0.3) is 0 Å². The zero-order valence-electron chi connectivity index (χ0n) is 22.4. The number of hydrogen-bond donors (Lipinski definition) is 4. The molecule has 40 heavy (non-hydrogen) atoms. The smallest absolute Gasteiger partial charge is 0.328 e. The summed E-state index contributed by atoms with van der Waals surface area (Å²) in [5.74, 6) is -1.21. The first-order valence-corrected chi connectivity index (χ1v) is 12.9. The topological polar surface area (TPSA) is 168 Å². The number of carbonyl (C=O) groups is 3. The molecule has 0 bridgehead atoms. The van der Waals surface area contributed by atoms with Crippen LogP contribution >= 0.6 is 0 Å². The van der Waals surface area contributed by atoms with Crippen LogP contribution in [0, 0.1) is 0 Å². The Morgan fingerprint density at radius 3 is 1.88 bits per heavy atom. The normalized spacial score (nSPS) is 22.3. The Bertz CT molecular complexity index is 1330. The van der Waals surface area contributed by atoms with Crippen LogP contribution in [0.3, 0.4) is 0 Å². The SMILES string of the molecule is COC(=O)[C@H](CCCNC(=O)[C@H]1N=C(c2ccccc2O)O[C@@H]1C)NC(=O)[C@H]1N=C(c2ccccc2O)O[C@@H]1C. The average Bonchev–Trinajstić information content (AvgIpc) is 3.52. The Kier molecular flexibility index (Phi) is 8.87. The molecule has 0 aromatic heterocycles. The number of aliphatic imine (C=N–C) groups is 2. The summed E-state index contributed by atoms with van der Waals surface area (Å²) < 4.78 is 16.2. The third kappa shape index (κ3) is 6.33. The highest BCUT2D eigenvalue weighted by Gasteiger charge is 2.37. The maximum atomic E-state index is 13.0. The van der Waals surface area contributed by atoms with E-state index in [0.717, 1.165) is 0 Å². The number of hydrogen-bond acceptors (Lipinski definition) is 10. The van der Waals surface area contributed by atoms with Gasteiger partial charge < -0.3 is 35.1 Å². The van der Waals surface area contributed by atoms with Gasteiger partial charge in [-0.3, -0.25) is 9.59 Å². The Balaban J connectivity index is 1.31. The number of benzene rings is 2. The van der Waals surface area contributed by atoms with E-state index >= 15 is 0 Å². The molecule has 0 radical (unpaired) electrons. The molecule has 2 aromatic carbocycles. The predicted molar refractivity (Wildman–Crippen MR) is 144 cm³/mol. The number of nitrogens with zero attached hydrogens (tertiary/aromatic N) is 2. The highest BCUT2D eigenvalue weighted by Crippen LogP contribution is 2.25. The van der Waals surface area contributed by atoms with Gasteiger partial charge in [0.1, 0.15) is 29.7 Å². The van der Waals surface area contributed by atoms with E-state index in [1.807, 2.05) is 0 Å². The summed E-state index contributed by atoms with van der Waals surface area (Å²) in [6, 6.07) is 10.4. The first-order valence-electron chi connectivity index (χ1n) is 12.9. The minimum atomic E-state index is -0.967. The third-order valence-corrected chi connectivity index (χ3v) is 6.57. The fourth-order valence-electron chi connectivity index (χ4n) is 4.39. The molecule has 2 aromatic rings. The van der Waals surface area contributed by atoms with Crippen molar-refractivity contribution in [1.29, 1.82) is 0 Å². The van der Waals surface area contributed by atoms with Gasteiger partial charge in [-0.2, -0.15) is 0 Å². The number of rotatable bonds is 10. The van der Waals surface area contributed by atoms with Crippen molar-refractivity contribution in [3.05, 3.63) is 59.7 Å². The van der Waals surface area contributed by atoms with Crippen molar-refractivity contribution in [3.8, 4) is 11.5 Å². The summed E-state index contributed by atoms with van der Waals surface area (Å²) in [6.45, 7) is 3.60. The zero-order valence-corrected chi connectivity index (χ0v) is 22.4. The molecule has 5 atom stereocenters. The van der Waals surface area contributed by atoms with E-state index in [2.05, 4.69) is 20.6 Å². The van der Waals surface area contributed by atoms with E-state index in [9.17, 15) is 24.6 Å². The van der Waals surface area contributed by atoms with Gasteiger partial charge in [0.2, 0.25) is 23.6 Å². The lowest BCUT2D eigenvalue weighted by Crippen LogP contribution is -2.47. The molecule has 4 rings (SSSR count). The number of esters is 1. The maximum Gasteiger partial charge on any atom is 0.328 e. The Labute approximate surface area is 231 Å². The van der Waals surface area contributed by atoms with Crippen molar-refractivity contribution in [2.75, 3.05) is 13.7 Å². The first-order chi connectivity index (χ1) is 19.2. The van der Waals surface area contributed by atoms with Crippen molar-refractivity contribution >= 4 is 29.6 Å². The second kappa shape index (κ2) is 12.5. The molecule has 4 N–H and O–H groups in total. The van der Waals surface area contributed by atoms with Crippen LogP contribution in [0.1, 0.15) is 37.8 Å². The van der Waals surface area contributed by atoms with Gasteiger partial charge in [-0.1, -0.05) is 24.3 Å². The van der Waals surface area contributed by atoms with Crippen molar-refractivity contribution < 1.29 is 38.8 Å². The molecular weight excluding hydrogens is 520 g/mol. The molecule has 0 spiro atoms. The summed E-state index contributed by atoms with van der Waals surface area (Å²) in [7, 11) is 1.22. The molecule has 12 heteroatoms. The summed E-state index contributed by atoms with van der Waals surface area (Å²) in [5, 5.41) is 25.6. The number of carbonyl (C=O) groups excluding carboxylic acids is 3. The lowest BCUT2D eigenvalue weighted by Gasteiger charge is -2.19. The molecule has 0 unspecified atom stereocenters. The molecule has 212 valence electrons. The van der Waals surface area contributed by atoms with E-state index in [1.165, 1.54) is 19.2 Å². The molecular formula is C28H32N4O8. The van der Waals surface area contributed by atoms with Crippen LogP contribution in [-0.4, -0.2) is 83.8 Å². The molecule has 0 fully saturated rings. The standard InChI is InChI=1S/C28H32N4O8/c1-15-22(31-26(39-15)17-9-4-6-12-20(17)33)24(35)29-14-8-11-19(28(37)38-3)30-25(36)23-16(2)40-27(32-23)18-10-5-7-13-21(18)34/h4-7,9-10,12-13,15-16,19,22-23,33-34H,8,11,14H2,1-3H3,(H,29,35)(H,30,36)/t15-,16-,19+,22+,23+/m1/s1. The highest BCUT2D eigenvalue weighted by atomic mass is 16.5. The van der Waals surface area contributed by atoms with Crippen molar-refractivity contribution in [2.24, 2.45) is 9.98 Å². The van der Waals surface area contributed by atoms with Crippen LogP contribution in [0.2, 0.25) is 0 Å². The number of nitrogens with one attached hydrogen (secondary N) is 2. The molecule has 0 aliphatic carbocycles. The van der Waals surface area contributed by atoms with Crippen molar-refractivity contribution in [1.82, 2.24) is 10.6 Å². The summed E-state index contributed by atoms with van der Waals surface area (Å²) in [4.78, 5) is 46.7. The number of para-hydroxylation sites is 2. The van der Waals surface area contributed by atoms with E-state index in [1.54, 1.807) is 50.2 Å². The molecule has 2 amide bonds. The Hall–Kier alpha value is -4.61.